The highest BCUT2D eigenvalue weighted by Gasteiger charge is 1.93. The summed E-state index contributed by atoms with van der Waals surface area (Å²) in [5.41, 5.74) is 1.97. The van der Waals surface area contributed by atoms with Crippen molar-refractivity contribution < 1.29 is 0 Å². The van der Waals surface area contributed by atoms with Crippen LogP contribution in [-0.4, -0.2) is 10.9 Å². The van der Waals surface area contributed by atoms with Gasteiger partial charge in [0.25, 0.3) is 0 Å². The summed E-state index contributed by atoms with van der Waals surface area (Å²) in [6.07, 6.45) is 3.60. The van der Waals surface area contributed by atoms with Crippen LogP contribution in [0.4, 0.5) is 0 Å². The number of halogens is 1. The van der Waals surface area contributed by atoms with Gasteiger partial charge in [0.1, 0.15) is 0 Å². The van der Waals surface area contributed by atoms with Crippen molar-refractivity contribution in [3.8, 4) is 11.8 Å². The first kappa shape index (κ1) is 11.0. The Balaban J connectivity index is 2.21. The van der Waals surface area contributed by atoms with Crippen molar-refractivity contribution in [1.82, 2.24) is 4.98 Å². The maximum Gasteiger partial charge on any atom is 0.0702 e. The van der Waals surface area contributed by atoms with Crippen LogP contribution in [0.15, 0.2) is 36.5 Å². The van der Waals surface area contributed by atoms with Crippen molar-refractivity contribution in [2.24, 2.45) is 0 Å². The van der Waals surface area contributed by atoms with Crippen LogP contribution in [0, 0.1) is 11.8 Å². The fourth-order valence-corrected chi connectivity index (χ4v) is 1.59. The van der Waals surface area contributed by atoms with Crippen LogP contribution in [0.25, 0.3) is 10.9 Å². The SMILES string of the molecule is ClCCCC#Cc1cnc2ccccc2c1. The molecular weight excluding hydrogens is 218 g/mol. The lowest BCUT2D eigenvalue weighted by atomic mass is 10.1. The highest BCUT2D eigenvalue weighted by Crippen LogP contribution is 2.11. The van der Waals surface area contributed by atoms with Crippen LogP contribution < -0.4 is 0 Å². The normalized spacial score (nSPS) is 9.81. The Kier molecular flexibility index (Phi) is 3.80. The standard InChI is InChI=1S/C14H12ClN/c15-9-5-1-2-6-12-10-13-7-3-4-8-14(13)16-11-12/h3-4,7-8,10-11H,1,5,9H2. The molecule has 0 aliphatic rings. The lowest BCUT2D eigenvalue weighted by Crippen LogP contribution is -1.81. The Bertz CT molecular complexity index is 537. The largest absolute Gasteiger partial charge is 0.255 e. The van der Waals surface area contributed by atoms with E-state index in [1.165, 1.54) is 0 Å². The molecule has 0 bridgehead atoms. The summed E-state index contributed by atoms with van der Waals surface area (Å²) in [7, 11) is 0. The molecule has 1 nitrogen and oxygen atoms in total. The van der Waals surface area contributed by atoms with E-state index >= 15 is 0 Å². The highest BCUT2D eigenvalue weighted by atomic mass is 35.5. The summed E-state index contributed by atoms with van der Waals surface area (Å²) in [5.74, 6) is 6.86. The molecule has 0 radical (unpaired) electrons. The first-order valence-corrected chi connectivity index (χ1v) is 5.83. The van der Waals surface area contributed by atoms with Gasteiger partial charge in [-0.15, -0.1) is 11.6 Å². The lowest BCUT2D eigenvalue weighted by molar-refractivity contribution is 0.991. The predicted octanol–water partition coefficient (Wildman–Crippen LogP) is 3.61. The topological polar surface area (TPSA) is 12.9 Å². The molecule has 2 rings (SSSR count). The van der Waals surface area contributed by atoms with E-state index in [1.807, 2.05) is 30.5 Å². The summed E-state index contributed by atoms with van der Waals surface area (Å²) in [4.78, 5) is 4.35. The lowest BCUT2D eigenvalue weighted by Gasteiger charge is -1.96. The van der Waals surface area contributed by atoms with Crippen molar-refractivity contribution in [2.75, 3.05) is 5.88 Å². The maximum atomic E-state index is 5.58. The Morgan fingerprint density at radius 3 is 3.00 bits per heavy atom. The van der Waals surface area contributed by atoms with E-state index in [1.54, 1.807) is 0 Å². The van der Waals surface area contributed by atoms with Gasteiger partial charge in [0.15, 0.2) is 0 Å². The van der Waals surface area contributed by atoms with Crippen molar-refractivity contribution in [3.05, 3.63) is 42.1 Å². The van der Waals surface area contributed by atoms with Crippen molar-refractivity contribution in [1.29, 1.82) is 0 Å². The average Bonchev–Trinajstić information content (AvgIpc) is 2.34. The van der Waals surface area contributed by atoms with Gasteiger partial charge in [-0.25, -0.2) is 0 Å². The van der Waals surface area contributed by atoms with E-state index in [4.69, 9.17) is 11.6 Å². The van der Waals surface area contributed by atoms with Gasteiger partial charge in [-0.05, 0) is 18.6 Å². The monoisotopic (exact) mass is 229 g/mol. The number of hydrogen-bond donors (Lipinski definition) is 0. The fourth-order valence-electron chi connectivity index (χ4n) is 1.46. The van der Waals surface area contributed by atoms with Gasteiger partial charge in [0.05, 0.1) is 5.52 Å². The molecule has 0 unspecified atom stereocenters. The van der Waals surface area contributed by atoms with E-state index in [0.717, 1.165) is 29.3 Å². The molecule has 2 heteroatoms. The number of fused-ring (bicyclic) bond motifs is 1. The quantitative estimate of drug-likeness (QED) is 0.436. The van der Waals surface area contributed by atoms with Crippen LogP contribution in [0.5, 0.6) is 0 Å². The van der Waals surface area contributed by atoms with Crippen LogP contribution in [0.3, 0.4) is 0 Å². The smallest absolute Gasteiger partial charge is 0.0702 e. The predicted molar refractivity (Wildman–Crippen MR) is 68.6 cm³/mol. The molecule has 0 aliphatic carbocycles. The zero-order valence-electron chi connectivity index (χ0n) is 8.91. The third-order valence-corrected chi connectivity index (χ3v) is 2.53. The van der Waals surface area contributed by atoms with Crippen LogP contribution in [-0.2, 0) is 0 Å². The minimum absolute atomic E-state index is 0.671. The molecule has 0 N–H and O–H groups in total. The Morgan fingerprint density at radius 1 is 1.25 bits per heavy atom. The Labute approximate surface area is 100 Å². The number of rotatable bonds is 2. The number of hydrogen-bond acceptors (Lipinski definition) is 1. The molecule has 16 heavy (non-hydrogen) atoms. The molecule has 0 spiro atoms. The molecule has 2 aromatic rings. The van der Waals surface area contributed by atoms with E-state index in [9.17, 15) is 0 Å². The van der Waals surface area contributed by atoms with Crippen LogP contribution in [0.2, 0.25) is 0 Å². The van der Waals surface area contributed by atoms with Crippen molar-refractivity contribution >= 4 is 22.5 Å². The molecule has 0 atom stereocenters. The third kappa shape index (κ3) is 2.74. The molecule has 1 aromatic heterocycles. The second-order valence-electron chi connectivity index (χ2n) is 3.51. The summed E-state index contributed by atoms with van der Waals surface area (Å²) < 4.78 is 0. The van der Waals surface area contributed by atoms with Crippen LogP contribution >= 0.6 is 11.6 Å². The first-order valence-electron chi connectivity index (χ1n) is 5.30. The minimum atomic E-state index is 0.671. The number of para-hydroxylation sites is 1. The molecule has 0 saturated carbocycles. The second kappa shape index (κ2) is 5.53. The maximum absolute atomic E-state index is 5.58. The van der Waals surface area contributed by atoms with Crippen LogP contribution in [0.1, 0.15) is 18.4 Å². The number of pyridine rings is 1. The number of unbranched alkanes of at least 4 members (excludes halogenated alkanes) is 1. The van der Waals surface area contributed by atoms with Crippen molar-refractivity contribution in [2.45, 2.75) is 12.8 Å². The van der Waals surface area contributed by atoms with Gasteiger partial charge in [-0.3, -0.25) is 4.98 Å². The molecule has 0 fully saturated rings. The third-order valence-electron chi connectivity index (χ3n) is 2.26. The number of alkyl halides is 1. The number of aromatic nitrogens is 1. The molecule has 0 saturated heterocycles. The summed E-state index contributed by atoms with van der Waals surface area (Å²) >= 11 is 5.58. The molecule has 1 aromatic carbocycles. The van der Waals surface area contributed by atoms with E-state index in [2.05, 4.69) is 22.9 Å². The second-order valence-corrected chi connectivity index (χ2v) is 3.89. The number of nitrogens with zero attached hydrogens (tertiary/aromatic N) is 1. The fraction of sp³-hybridized carbons (Fsp3) is 0.214. The summed E-state index contributed by atoms with van der Waals surface area (Å²) in [6.45, 7) is 0. The zero-order valence-corrected chi connectivity index (χ0v) is 9.67. The van der Waals surface area contributed by atoms with Crippen molar-refractivity contribution in [3.63, 3.8) is 0 Å². The van der Waals surface area contributed by atoms with E-state index in [0.29, 0.717) is 5.88 Å². The summed E-state index contributed by atoms with van der Waals surface area (Å²) in [5, 5.41) is 1.13. The van der Waals surface area contributed by atoms with Gasteiger partial charge < -0.3 is 0 Å². The minimum Gasteiger partial charge on any atom is -0.255 e. The van der Waals surface area contributed by atoms with E-state index < -0.39 is 0 Å². The summed E-state index contributed by atoms with van der Waals surface area (Å²) in [6, 6.07) is 10.1. The average molecular weight is 230 g/mol. The highest BCUT2D eigenvalue weighted by molar-refractivity contribution is 6.17. The first-order chi connectivity index (χ1) is 7.90. The molecule has 0 aliphatic heterocycles. The zero-order chi connectivity index (χ0) is 11.2. The van der Waals surface area contributed by atoms with Gasteiger partial charge in [-0.2, -0.15) is 0 Å². The molecule has 1 heterocycles. The van der Waals surface area contributed by atoms with E-state index in [-0.39, 0.29) is 0 Å². The number of benzene rings is 1. The Morgan fingerprint density at radius 2 is 2.12 bits per heavy atom. The molecular formula is C14H12ClN. The Hall–Kier alpha value is -1.52. The van der Waals surface area contributed by atoms with Gasteiger partial charge >= 0.3 is 0 Å². The van der Waals surface area contributed by atoms with Gasteiger partial charge in [0.2, 0.25) is 0 Å². The molecule has 80 valence electrons. The van der Waals surface area contributed by atoms with Gasteiger partial charge in [0, 0.05) is 29.4 Å². The van der Waals surface area contributed by atoms with Gasteiger partial charge in [-0.1, -0.05) is 30.0 Å². The molecule has 0 amide bonds.